The fraction of sp³-hybridized carbons (Fsp3) is 0.360. The van der Waals surface area contributed by atoms with Gasteiger partial charge in [-0.3, -0.25) is 0 Å². The van der Waals surface area contributed by atoms with Crippen molar-refractivity contribution in [1.29, 1.82) is 0 Å². The first-order valence-corrected chi connectivity index (χ1v) is 10.3. The third-order valence-electron chi connectivity index (χ3n) is 5.91. The van der Waals surface area contributed by atoms with Crippen LogP contribution in [0.25, 0.3) is 17.0 Å². The van der Waals surface area contributed by atoms with Gasteiger partial charge in [-0.1, -0.05) is 30.3 Å². The molecule has 0 saturated heterocycles. The summed E-state index contributed by atoms with van der Waals surface area (Å²) in [6.45, 7) is 3.77. The fourth-order valence-corrected chi connectivity index (χ4v) is 4.27. The van der Waals surface area contributed by atoms with Crippen LogP contribution in [0.4, 0.5) is 26.3 Å². The van der Waals surface area contributed by atoms with Gasteiger partial charge in [0.25, 0.3) is 0 Å². The van der Waals surface area contributed by atoms with E-state index in [-0.39, 0.29) is 5.56 Å². The summed E-state index contributed by atoms with van der Waals surface area (Å²) < 4.78 is 79.0. The molecule has 3 rings (SSSR count). The highest BCUT2D eigenvalue weighted by molar-refractivity contribution is 5.69. The Morgan fingerprint density at radius 1 is 0.935 bits per heavy atom. The zero-order valence-electron chi connectivity index (χ0n) is 17.0. The van der Waals surface area contributed by atoms with Crippen LogP contribution in [0.5, 0.6) is 0 Å². The van der Waals surface area contributed by atoms with Crippen molar-refractivity contribution in [2.24, 2.45) is 5.92 Å². The zero-order chi connectivity index (χ0) is 22.6. The second-order valence-electron chi connectivity index (χ2n) is 8.05. The average Bonchev–Trinajstić information content (AvgIpc) is 2.71. The molecule has 166 valence electrons. The van der Waals surface area contributed by atoms with Crippen LogP contribution in [0.1, 0.15) is 55.6 Å². The molecule has 1 saturated carbocycles. The van der Waals surface area contributed by atoms with Gasteiger partial charge in [-0.2, -0.15) is 13.2 Å². The van der Waals surface area contributed by atoms with Crippen LogP contribution in [0.3, 0.4) is 0 Å². The van der Waals surface area contributed by atoms with E-state index in [9.17, 15) is 26.3 Å². The number of allylic oxidation sites excluding steroid dienone is 2. The quantitative estimate of drug-likeness (QED) is 0.312. The lowest BCUT2D eigenvalue weighted by molar-refractivity contribution is -0.0798. The van der Waals surface area contributed by atoms with Crippen molar-refractivity contribution in [3.63, 3.8) is 0 Å². The molecule has 2 aromatic carbocycles. The number of benzene rings is 2. The lowest BCUT2D eigenvalue weighted by atomic mass is 9.77. The lowest BCUT2D eigenvalue weighted by Gasteiger charge is -2.28. The van der Waals surface area contributed by atoms with Crippen LogP contribution in [0, 0.1) is 17.6 Å². The number of alkyl halides is 3. The molecule has 1 aliphatic rings. The maximum Gasteiger partial charge on any atom is 0.412 e. The largest absolute Gasteiger partial charge is 0.412 e. The van der Waals surface area contributed by atoms with Gasteiger partial charge in [0.15, 0.2) is 0 Å². The first-order valence-electron chi connectivity index (χ1n) is 10.3. The molecule has 0 spiro atoms. The number of hydrogen-bond acceptors (Lipinski definition) is 0. The minimum Gasteiger partial charge on any atom is -0.206 e. The number of halogens is 6. The summed E-state index contributed by atoms with van der Waals surface area (Å²) in [7, 11) is 0. The van der Waals surface area contributed by atoms with Gasteiger partial charge in [-0.05, 0) is 79.2 Å². The Labute approximate surface area is 178 Å². The normalized spacial score (nSPS) is 20.0. The topological polar surface area (TPSA) is 0 Å². The average molecular weight is 438 g/mol. The molecule has 6 heteroatoms. The van der Waals surface area contributed by atoms with Crippen molar-refractivity contribution in [3.05, 3.63) is 77.9 Å². The van der Waals surface area contributed by atoms with Crippen molar-refractivity contribution >= 4 is 5.83 Å². The number of hydrogen-bond donors (Lipinski definition) is 0. The predicted octanol–water partition coefficient (Wildman–Crippen LogP) is 8.74. The second kappa shape index (κ2) is 9.75. The first kappa shape index (κ1) is 23.2. The molecule has 0 atom stereocenters. The summed E-state index contributed by atoms with van der Waals surface area (Å²) in [5.74, 6) is -3.59. The molecule has 0 heterocycles. The molecule has 0 nitrogen and oxygen atoms in total. The fourth-order valence-electron chi connectivity index (χ4n) is 4.27. The van der Waals surface area contributed by atoms with Crippen LogP contribution >= 0.6 is 0 Å². The minimum absolute atomic E-state index is 0.137. The summed E-state index contributed by atoms with van der Waals surface area (Å²) in [5, 5.41) is 0. The van der Waals surface area contributed by atoms with E-state index < -0.39 is 35.3 Å². The van der Waals surface area contributed by atoms with Gasteiger partial charge >= 0.3 is 6.18 Å². The van der Waals surface area contributed by atoms with Crippen LogP contribution in [-0.2, 0) is 0 Å². The maximum absolute atomic E-state index is 14.2. The summed E-state index contributed by atoms with van der Waals surface area (Å²) in [6.07, 6.45) is 2.88. The van der Waals surface area contributed by atoms with Gasteiger partial charge in [-0.25, -0.2) is 13.2 Å². The third kappa shape index (κ3) is 6.02. The molecule has 0 unspecified atom stereocenters. The highest BCUT2D eigenvalue weighted by Crippen LogP contribution is 2.38. The predicted molar refractivity (Wildman–Crippen MR) is 111 cm³/mol. The van der Waals surface area contributed by atoms with E-state index in [0.717, 1.165) is 55.7 Å². The van der Waals surface area contributed by atoms with E-state index in [2.05, 4.69) is 6.58 Å². The molecule has 0 amide bonds. The smallest absolute Gasteiger partial charge is 0.206 e. The van der Waals surface area contributed by atoms with Crippen molar-refractivity contribution in [2.45, 2.75) is 50.6 Å². The third-order valence-corrected chi connectivity index (χ3v) is 5.91. The Balaban J connectivity index is 1.74. The second-order valence-corrected chi connectivity index (χ2v) is 8.05. The van der Waals surface area contributed by atoms with E-state index in [4.69, 9.17) is 0 Å². The van der Waals surface area contributed by atoms with Crippen LogP contribution in [0.2, 0.25) is 0 Å². The van der Waals surface area contributed by atoms with Crippen LogP contribution in [0.15, 0.2) is 55.1 Å². The molecule has 0 aromatic heterocycles. The molecule has 0 N–H and O–H groups in total. The summed E-state index contributed by atoms with van der Waals surface area (Å²) in [5.41, 5.74) is 0.486. The Morgan fingerprint density at radius 2 is 1.52 bits per heavy atom. The van der Waals surface area contributed by atoms with Crippen molar-refractivity contribution in [2.75, 3.05) is 0 Å². The van der Waals surface area contributed by atoms with Crippen molar-refractivity contribution in [1.82, 2.24) is 0 Å². The van der Waals surface area contributed by atoms with Gasteiger partial charge in [-0.15, -0.1) is 6.58 Å². The highest BCUT2D eigenvalue weighted by Gasteiger charge is 2.28. The van der Waals surface area contributed by atoms with Crippen LogP contribution < -0.4 is 0 Å². The molecule has 31 heavy (non-hydrogen) atoms. The summed E-state index contributed by atoms with van der Waals surface area (Å²) in [6, 6.07) is 8.99. The SMILES string of the molecule is C=CCCC1CCC(c2ccc(-c3cc(F)c(/C(F)=C/C(F)(F)F)c(F)c3)cc2)CC1. The Kier molecular flexibility index (Phi) is 7.29. The highest BCUT2D eigenvalue weighted by atomic mass is 19.4. The van der Waals surface area contributed by atoms with Gasteiger partial charge in [0.2, 0.25) is 0 Å². The van der Waals surface area contributed by atoms with E-state index in [1.54, 1.807) is 12.1 Å². The van der Waals surface area contributed by atoms with Gasteiger partial charge < -0.3 is 0 Å². The molecule has 0 bridgehead atoms. The summed E-state index contributed by atoms with van der Waals surface area (Å²) >= 11 is 0. The van der Waals surface area contributed by atoms with E-state index in [1.165, 1.54) is 6.42 Å². The standard InChI is InChI=1S/C25H24F6/c1-2-3-4-16-5-7-17(8-6-16)18-9-11-19(12-10-18)20-13-21(26)24(22(27)14-20)23(28)15-25(29,30)31/h2,9-17H,1,3-8H2/b23-15-. The van der Waals surface area contributed by atoms with Crippen molar-refractivity contribution < 1.29 is 26.3 Å². The molecule has 0 radical (unpaired) electrons. The monoisotopic (exact) mass is 438 g/mol. The van der Waals surface area contributed by atoms with E-state index >= 15 is 0 Å². The Bertz CT molecular complexity index is 908. The number of rotatable bonds is 6. The maximum atomic E-state index is 14.2. The van der Waals surface area contributed by atoms with E-state index in [0.29, 0.717) is 11.5 Å². The molecular formula is C25H24F6. The Morgan fingerprint density at radius 3 is 2.03 bits per heavy atom. The summed E-state index contributed by atoms with van der Waals surface area (Å²) in [4.78, 5) is 0. The van der Waals surface area contributed by atoms with Crippen LogP contribution in [-0.4, -0.2) is 6.18 Å². The van der Waals surface area contributed by atoms with Gasteiger partial charge in [0.05, 0.1) is 11.6 Å². The van der Waals surface area contributed by atoms with Gasteiger partial charge in [0, 0.05) is 0 Å². The molecule has 2 aromatic rings. The lowest BCUT2D eigenvalue weighted by Crippen LogP contribution is -2.13. The van der Waals surface area contributed by atoms with Gasteiger partial charge in [0.1, 0.15) is 17.5 Å². The molecular weight excluding hydrogens is 414 g/mol. The molecule has 1 aliphatic carbocycles. The zero-order valence-corrected chi connectivity index (χ0v) is 17.0. The minimum atomic E-state index is -5.01. The molecule has 0 aliphatic heterocycles. The van der Waals surface area contributed by atoms with E-state index in [1.807, 2.05) is 18.2 Å². The Hall–Kier alpha value is -2.50. The molecule has 1 fully saturated rings. The first-order chi connectivity index (χ1) is 14.7. The van der Waals surface area contributed by atoms with Crippen molar-refractivity contribution in [3.8, 4) is 11.1 Å².